The maximum absolute atomic E-state index is 5.98. The van der Waals surface area contributed by atoms with E-state index in [1.807, 2.05) is 17.8 Å². The summed E-state index contributed by atoms with van der Waals surface area (Å²) in [7, 11) is 1.94. The molecule has 0 aliphatic carbocycles. The second-order valence-corrected chi connectivity index (χ2v) is 3.57. The van der Waals surface area contributed by atoms with Crippen LogP contribution in [0.2, 0.25) is 0 Å². The molecule has 0 fully saturated rings. The summed E-state index contributed by atoms with van der Waals surface area (Å²) in [4.78, 5) is 7.16. The van der Waals surface area contributed by atoms with Gasteiger partial charge in [0.15, 0.2) is 0 Å². The van der Waals surface area contributed by atoms with Crippen molar-refractivity contribution in [1.29, 1.82) is 0 Å². The molecule has 0 saturated heterocycles. The van der Waals surface area contributed by atoms with Crippen LogP contribution < -0.4 is 5.73 Å². The number of H-pyrrole nitrogens is 1. The molecule has 2 rings (SSSR count). The van der Waals surface area contributed by atoms with Crippen LogP contribution in [0.3, 0.4) is 0 Å². The zero-order chi connectivity index (χ0) is 10.7. The molecule has 0 spiro atoms. The zero-order valence-corrected chi connectivity index (χ0v) is 8.72. The van der Waals surface area contributed by atoms with Gasteiger partial charge >= 0.3 is 0 Å². The second-order valence-electron chi connectivity index (χ2n) is 3.57. The standard InChI is InChI=1S/C10H15N5/c1-15-8(4-5-14-15)2-3-9(11)10-12-6-7-13-10/h4-7,9H,2-3,11H2,1H3,(H,12,13). The van der Waals surface area contributed by atoms with Gasteiger partial charge in [0.05, 0.1) is 6.04 Å². The molecule has 5 heteroatoms. The van der Waals surface area contributed by atoms with Crippen molar-refractivity contribution in [2.45, 2.75) is 18.9 Å². The maximum Gasteiger partial charge on any atom is 0.123 e. The number of aryl methyl sites for hydroxylation is 2. The van der Waals surface area contributed by atoms with Gasteiger partial charge in [-0.25, -0.2) is 4.98 Å². The average molecular weight is 205 g/mol. The highest BCUT2D eigenvalue weighted by atomic mass is 15.2. The quantitative estimate of drug-likeness (QED) is 0.774. The third-order valence-electron chi connectivity index (χ3n) is 2.50. The van der Waals surface area contributed by atoms with Gasteiger partial charge < -0.3 is 10.7 Å². The van der Waals surface area contributed by atoms with Crippen molar-refractivity contribution in [3.05, 3.63) is 36.2 Å². The first-order valence-electron chi connectivity index (χ1n) is 4.99. The lowest BCUT2D eigenvalue weighted by Gasteiger charge is -2.08. The lowest BCUT2D eigenvalue weighted by Crippen LogP contribution is -2.13. The minimum atomic E-state index is -0.0325. The Bertz CT molecular complexity index is 403. The van der Waals surface area contributed by atoms with E-state index in [0.717, 1.165) is 18.7 Å². The van der Waals surface area contributed by atoms with E-state index in [2.05, 4.69) is 15.1 Å². The Balaban J connectivity index is 1.91. The summed E-state index contributed by atoms with van der Waals surface area (Å²) in [5, 5.41) is 4.11. The summed E-state index contributed by atoms with van der Waals surface area (Å²) in [5.74, 6) is 0.845. The molecule has 0 aromatic carbocycles. The van der Waals surface area contributed by atoms with Crippen LogP contribution in [0.1, 0.15) is 24.0 Å². The minimum Gasteiger partial charge on any atom is -0.347 e. The molecule has 80 valence electrons. The highest BCUT2D eigenvalue weighted by molar-refractivity contribution is 5.02. The van der Waals surface area contributed by atoms with E-state index in [1.54, 1.807) is 18.6 Å². The van der Waals surface area contributed by atoms with Gasteiger partial charge in [0, 0.05) is 31.3 Å². The van der Waals surface area contributed by atoms with Gasteiger partial charge in [0.2, 0.25) is 0 Å². The molecule has 15 heavy (non-hydrogen) atoms. The van der Waals surface area contributed by atoms with Crippen LogP contribution in [-0.4, -0.2) is 19.7 Å². The number of nitrogens with two attached hydrogens (primary N) is 1. The largest absolute Gasteiger partial charge is 0.347 e. The predicted molar refractivity (Wildman–Crippen MR) is 57.0 cm³/mol. The normalized spacial score (nSPS) is 12.9. The first-order valence-corrected chi connectivity index (χ1v) is 4.99. The van der Waals surface area contributed by atoms with Crippen molar-refractivity contribution in [1.82, 2.24) is 19.7 Å². The van der Waals surface area contributed by atoms with Crippen molar-refractivity contribution in [2.75, 3.05) is 0 Å². The number of nitrogens with one attached hydrogen (secondary N) is 1. The van der Waals surface area contributed by atoms with Crippen LogP contribution >= 0.6 is 0 Å². The van der Waals surface area contributed by atoms with Gasteiger partial charge in [-0.15, -0.1) is 0 Å². The predicted octanol–water partition coefficient (Wildman–Crippen LogP) is 0.776. The number of nitrogens with zero attached hydrogens (tertiary/aromatic N) is 3. The molecule has 1 unspecified atom stereocenters. The van der Waals surface area contributed by atoms with Gasteiger partial charge in [0.1, 0.15) is 5.82 Å². The topological polar surface area (TPSA) is 72.5 Å². The summed E-state index contributed by atoms with van der Waals surface area (Å²) in [6, 6.07) is 1.98. The molecule has 5 nitrogen and oxygen atoms in total. The van der Waals surface area contributed by atoms with Crippen molar-refractivity contribution < 1.29 is 0 Å². The molecule has 0 amide bonds. The molecular weight excluding hydrogens is 190 g/mol. The molecule has 0 saturated carbocycles. The van der Waals surface area contributed by atoms with Crippen molar-refractivity contribution in [2.24, 2.45) is 12.8 Å². The van der Waals surface area contributed by atoms with Gasteiger partial charge in [-0.05, 0) is 18.9 Å². The fourth-order valence-electron chi connectivity index (χ4n) is 1.57. The molecule has 0 aliphatic heterocycles. The zero-order valence-electron chi connectivity index (χ0n) is 8.72. The Morgan fingerprint density at radius 2 is 2.40 bits per heavy atom. The van der Waals surface area contributed by atoms with Gasteiger partial charge in [-0.3, -0.25) is 4.68 Å². The Hall–Kier alpha value is -1.62. The fourth-order valence-corrected chi connectivity index (χ4v) is 1.57. The third-order valence-corrected chi connectivity index (χ3v) is 2.50. The number of hydrogen-bond donors (Lipinski definition) is 2. The monoisotopic (exact) mass is 205 g/mol. The first-order chi connectivity index (χ1) is 7.27. The van der Waals surface area contributed by atoms with Crippen molar-refractivity contribution >= 4 is 0 Å². The highest BCUT2D eigenvalue weighted by Gasteiger charge is 2.09. The van der Waals surface area contributed by atoms with Crippen LogP contribution in [0.15, 0.2) is 24.7 Å². The molecule has 1 atom stereocenters. The lowest BCUT2D eigenvalue weighted by molar-refractivity contribution is 0.592. The van der Waals surface area contributed by atoms with Crippen LogP contribution in [0, 0.1) is 0 Å². The number of rotatable bonds is 4. The van der Waals surface area contributed by atoms with Crippen molar-refractivity contribution in [3.63, 3.8) is 0 Å². The van der Waals surface area contributed by atoms with E-state index in [4.69, 9.17) is 5.73 Å². The first kappa shape index (κ1) is 9.92. The summed E-state index contributed by atoms with van der Waals surface area (Å²) in [6.45, 7) is 0. The number of aromatic amines is 1. The van der Waals surface area contributed by atoms with Gasteiger partial charge in [-0.2, -0.15) is 5.10 Å². The molecule has 2 aromatic rings. The van der Waals surface area contributed by atoms with Gasteiger partial charge in [-0.1, -0.05) is 0 Å². The Kier molecular flexibility index (Phi) is 2.82. The molecule has 0 aliphatic rings. The van der Waals surface area contributed by atoms with E-state index in [0.29, 0.717) is 0 Å². The van der Waals surface area contributed by atoms with Crippen LogP contribution in [0.5, 0.6) is 0 Å². The van der Waals surface area contributed by atoms with E-state index >= 15 is 0 Å². The lowest BCUT2D eigenvalue weighted by atomic mass is 10.1. The van der Waals surface area contributed by atoms with E-state index in [-0.39, 0.29) is 6.04 Å². The van der Waals surface area contributed by atoms with Gasteiger partial charge in [0.25, 0.3) is 0 Å². The van der Waals surface area contributed by atoms with E-state index < -0.39 is 0 Å². The fraction of sp³-hybridized carbons (Fsp3) is 0.400. The summed E-state index contributed by atoms with van der Waals surface area (Å²) in [5.41, 5.74) is 7.17. The number of aromatic nitrogens is 4. The summed E-state index contributed by atoms with van der Waals surface area (Å²) < 4.78 is 1.87. The van der Waals surface area contributed by atoms with E-state index in [1.165, 1.54) is 5.69 Å². The van der Waals surface area contributed by atoms with Crippen LogP contribution in [-0.2, 0) is 13.5 Å². The van der Waals surface area contributed by atoms with Crippen LogP contribution in [0.25, 0.3) is 0 Å². The minimum absolute atomic E-state index is 0.0325. The third kappa shape index (κ3) is 2.24. The smallest absolute Gasteiger partial charge is 0.123 e. The Morgan fingerprint density at radius 1 is 1.53 bits per heavy atom. The molecule has 0 radical (unpaired) electrons. The summed E-state index contributed by atoms with van der Waals surface area (Å²) >= 11 is 0. The maximum atomic E-state index is 5.98. The molecule has 3 N–H and O–H groups in total. The number of imidazole rings is 1. The Morgan fingerprint density at radius 3 is 3.00 bits per heavy atom. The SMILES string of the molecule is Cn1nccc1CCC(N)c1ncc[nH]1. The van der Waals surface area contributed by atoms with Crippen LogP contribution in [0.4, 0.5) is 0 Å². The van der Waals surface area contributed by atoms with E-state index in [9.17, 15) is 0 Å². The second kappa shape index (κ2) is 4.27. The average Bonchev–Trinajstić information content (AvgIpc) is 2.85. The Labute approximate surface area is 88.3 Å². The van der Waals surface area contributed by atoms with Crippen molar-refractivity contribution in [3.8, 4) is 0 Å². The molecule has 0 bridgehead atoms. The summed E-state index contributed by atoms with van der Waals surface area (Å²) in [6.07, 6.45) is 7.09. The molecule has 2 heterocycles. The number of hydrogen-bond acceptors (Lipinski definition) is 3. The highest BCUT2D eigenvalue weighted by Crippen LogP contribution is 2.12. The molecular formula is C10H15N5. The molecule has 2 aromatic heterocycles.